The first-order valence-corrected chi connectivity index (χ1v) is 6.66. The summed E-state index contributed by atoms with van der Waals surface area (Å²) in [5.74, 6) is -3.05. The number of piperidine rings is 1. The van der Waals surface area contributed by atoms with Crippen molar-refractivity contribution in [1.29, 1.82) is 0 Å². The zero-order valence-electron chi connectivity index (χ0n) is 10.7. The molecule has 0 aromatic rings. The van der Waals surface area contributed by atoms with Crippen molar-refractivity contribution >= 4 is 5.91 Å². The van der Waals surface area contributed by atoms with Gasteiger partial charge in [-0.3, -0.25) is 4.79 Å². The molecular formula is C12H15F3N4O. The Morgan fingerprint density at radius 1 is 1.35 bits per heavy atom. The van der Waals surface area contributed by atoms with Crippen LogP contribution in [0.15, 0.2) is 22.1 Å². The number of azo groups is 1. The third kappa shape index (κ3) is 2.32. The second-order valence-corrected chi connectivity index (χ2v) is 5.45. The number of likely N-dealkylation sites (tertiary alicyclic amines) is 1. The molecule has 0 spiro atoms. The summed E-state index contributed by atoms with van der Waals surface area (Å²) >= 11 is 0. The smallest absolute Gasteiger partial charge is 0.371 e. The highest BCUT2D eigenvalue weighted by Crippen LogP contribution is 2.39. The summed E-state index contributed by atoms with van der Waals surface area (Å²) in [7, 11) is 0. The van der Waals surface area contributed by atoms with Crippen molar-refractivity contribution in [3.63, 3.8) is 0 Å². The van der Waals surface area contributed by atoms with Crippen molar-refractivity contribution < 1.29 is 18.0 Å². The van der Waals surface area contributed by atoms with Gasteiger partial charge in [0.25, 0.3) is 5.91 Å². The number of alkyl halides is 3. The fourth-order valence-corrected chi connectivity index (χ4v) is 3.23. The maximum Gasteiger partial charge on any atom is 0.406 e. The third-order valence-corrected chi connectivity index (χ3v) is 4.18. The molecule has 1 N–H and O–H groups in total. The molecule has 2 fully saturated rings. The Balaban J connectivity index is 1.83. The quantitative estimate of drug-likeness (QED) is 0.798. The molecule has 0 aromatic heterocycles. The third-order valence-electron chi connectivity index (χ3n) is 4.18. The highest BCUT2D eigenvalue weighted by atomic mass is 19.4. The molecule has 0 aromatic carbocycles. The second kappa shape index (κ2) is 4.83. The summed E-state index contributed by atoms with van der Waals surface area (Å²) in [5, 5.41) is 9.78. The number of fused-ring (bicyclic) bond motifs is 1. The molecule has 3 rings (SSSR count). The van der Waals surface area contributed by atoms with Crippen LogP contribution < -0.4 is 5.32 Å². The predicted octanol–water partition coefficient (Wildman–Crippen LogP) is 1.68. The number of hydrogen-bond donors (Lipinski definition) is 1. The molecule has 0 saturated carbocycles. The van der Waals surface area contributed by atoms with Crippen LogP contribution >= 0.6 is 0 Å². The monoisotopic (exact) mass is 288 g/mol. The molecule has 5 nitrogen and oxygen atoms in total. The maximum absolute atomic E-state index is 13.1. The number of carbonyl (C=O) groups excluding carboxylic acids is 1. The predicted molar refractivity (Wildman–Crippen MR) is 63.6 cm³/mol. The van der Waals surface area contributed by atoms with Crippen LogP contribution in [0.4, 0.5) is 13.2 Å². The first kappa shape index (κ1) is 13.5. The average Bonchev–Trinajstić information content (AvgIpc) is 2.80. The van der Waals surface area contributed by atoms with E-state index in [-0.39, 0.29) is 11.7 Å². The Kier molecular flexibility index (Phi) is 3.27. The van der Waals surface area contributed by atoms with Gasteiger partial charge in [-0.15, -0.1) is 5.11 Å². The van der Waals surface area contributed by atoms with Crippen LogP contribution in [0, 0.1) is 11.8 Å². The van der Waals surface area contributed by atoms with E-state index >= 15 is 0 Å². The lowest BCUT2D eigenvalue weighted by Crippen LogP contribution is -2.42. The second-order valence-electron chi connectivity index (χ2n) is 5.45. The molecule has 110 valence electrons. The lowest BCUT2D eigenvalue weighted by molar-refractivity contribution is -0.176. The number of hydrogen-bond acceptors (Lipinski definition) is 4. The summed E-state index contributed by atoms with van der Waals surface area (Å²) in [4.78, 5) is 13.1. The van der Waals surface area contributed by atoms with Crippen LogP contribution in [0.1, 0.15) is 12.8 Å². The minimum absolute atomic E-state index is 0.0614. The Morgan fingerprint density at radius 2 is 2.15 bits per heavy atom. The molecule has 20 heavy (non-hydrogen) atoms. The van der Waals surface area contributed by atoms with Crippen LogP contribution in [0.25, 0.3) is 0 Å². The Labute approximate surface area is 113 Å². The lowest BCUT2D eigenvalue weighted by Gasteiger charge is -2.29. The van der Waals surface area contributed by atoms with E-state index in [9.17, 15) is 18.0 Å². The summed E-state index contributed by atoms with van der Waals surface area (Å²) < 4.78 is 39.2. The molecule has 3 atom stereocenters. The van der Waals surface area contributed by atoms with Gasteiger partial charge in [-0.2, -0.15) is 18.3 Å². The van der Waals surface area contributed by atoms with Crippen molar-refractivity contribution in [3.8, 4) is 0 Å². The van der Waals surface area contributed by atoms with Gasteiger partial charge in [0.1, 0.15) is 0 Å². The van der Waals surface area contributed by atoms with E-state index in [0.717, 1.165) is 25.6 Å². The highest BCUT2D eigenvalue weighted by molar-refractivity contribution is 5.83. The topological polar surface area (TPSA) is 57.1 Å². The summed E-state index contributed by atoms with van der Waals surface area (Å²) in [5.41, 5.74) is -0.0614. The van der Waals surface area contributed by atoms with Crippen LogP contribution in [0.5, 0.6) is 0 Å². The largest absolute Gasteiger partial charge is 0.406 e. The van der Waals surface area contributed by atoms with E-state index in [4.69, 9.17) is 0 Å². The van der Waals surface area contributed by atoms with Crippen LogP contribution in [0.2, 0.25) is 0 Å². The van der Waals surface area contributed by atoms with E-state index in [1.54, 1.807) is 4.90 Å². The summed E-state index contributed by atoms with van der Waals surface area (Å²) in [6.45, 7) is 1.93. The average molecular weight is 288 g/mol. The number of nitrogens with zero attached hydrogens (tertiary/aromatic N) is 3. The Hall–Kier alpha value is -1.44. The van der Waals surface area contributed by atoms with Crippen molar-refractivity contribution in [3.05, 3.63) is 11.9 Å². The number of nitrogens with one attached hydrogen (secondary N) is 1. The van der Waals surface area contributed by atoms with Crippen molar-refractivity contribution in [2.45, 2.75) is 25.1 Å². The van der Waals surface area contributed by atoms with Gasteiger partial charge in [0.15, 0.2) is 5.92 Å². The van der Waals surface area contributed by atoms with E-state index < -0.39 is 18.0 Å². The number of rotatable bonds is 1. The van der Waals surface area contributed by atoms with Crippen LogP contribution in [-0.2, 0) is 4.79 Å². The Bertz CT molecular complexity index is 460. The molecule has 1 amide bonds. The van der Waals surface area contributed by atoms with E-state index in [2.05, 4.69) is 15.5 Å². The first-order valence-electron chi connectivity index (χ1n) is 6.66. The Morgan fingerprint density at radius 3 is 2.85 bits per heavy atom. The van der Waals surface area contributed by atoms with Crippen molar-refractivity contribution in [2.24, 2.45) is 22.1 Å². The normalized spacial score (nSPS) is 34.1. The van der Waals surface area contributed by atoms with Gasteiger partial charge in [-0.25, -0.2) is 0 Å². The van der Waals surface area contributed by atoms with Gasteiger partial charge in [0.2, 0.25) is 0 Å². The molecule has 0 bridgehead atoms. The van der Waals surface area contributed by atoms with Crippen molar-refractivity contribution in [2.75, 3.05) is 19.6 Å². The van der Waals surface area contributed by atoms with Crippen LogP contribution in [-0.4, -0.2) is 42.7 Å². The van der Waals surface area contributed by atoms with Gasteiger partial charge in [0, 0.05) is 19.1 Å². The molecular weight excluding hydrogens is 273 g/mol. The van der Waals surface area contributed by atoms with E-state index in [0.29, 0.717) is 19.0 Å². The summed E-state index contributed by atoms with van der Waals surface area (Å²) in [6, 6.07) is 0.201. The number of carbonyl (C=O) groups is 1. The highest BCUT2D eigenvalue weighted by Gasteiger charge is 2.51. The SMILES string of the molecule is O=C1N=NC=C(N2C[C@H]3CCCN[C@H]3C2)C1C(F)(F)F. The molecule has 3 aliphatic rings. The summed E-state index contributed by atoms with van der Waals surface area (Å²) in [6.07, 6.45) is -1.50. The van der Waals surface area contributed by atoms with E-state index in [1.165, 1.54) is 0 Å². The zero-order chi connectivity index (χ0) is 14.3. The fourth-order valence-electron chi connectivity index (χ4n) is 3.23. The van der Waals surface area contributed by atoms with Gasteiger partial charge in [-0.1, -0.05) is 0 Å². The molecule has 0 aliphatic carbocycles. The standard InChI is InChI=1S/C12H15F3N4O/c13-12(14,15)10-9(4-17-18-11(10)20)19-5-7-2-1-3-16-8(7)6-19/h4,7-8,10,16H,1-3,5-6H2/t7-,8+,10?/m1/s1. The molecule has 3 aliphatic heterocycles. The lowest BCUT2D eigenvalue weighted by atomic mass is 9.94. The molecule has 2 saturated heterocycles. The minimum atomic E-state index is -4.62. The van der Waals surface area contributed by atoms with Crippen molar-refractivity contribution in [1.82, 2.24) is 10.2 Å². The maximum atomic E-state index is 13.1. The number of amides is 1. The minimum Gasteiger partial charge on any atom is -0.371 e. The fraction of sp³-hybridized carbons (Fsp3) is 0.750. The van der Waals surface area contributed by atoms with Gasteiger partial charge >= 0.3 is 6.18 Å². The number of halogens is 3. The van der Waals surface area contributed by atoms with Gasteiger partial charge < -0.3 is 10.2 Å². The molecule has 1 unspecified atom stereocenters. The molecule has 0 radical (unpaired) electrons. The van der Waals surface area contributed by atoms with Gasteiger partial charge in [0.05, 0.1) is 11.9 Å². The molecule has 8 heteroatoms. The zero-order valence-corrected chi connectivity index (χ0v) is 10.7. The van der Waals surface area contributed by atoms with E-state index in [1.807, 2.05) is 0 Å². The van der Waals surface area contributed by atoms with Gasteiger partial charge in [-0.05, 0) is 25.3 Å². The van der Waals surface area contributed by atoms with Crippen LogP contribution in [0.3, 0.4) is 0 Å². The molecule has 3 heterocycles. The first-order chi connectivity index (χ1) is 9.47.